The molecule has 0 bridgehead atoms. The number of thioether (sulfide) groups is 1. The largest absolute Gasteiger partial charge is 0.494 e. The van der Waals surface area contributed by atoms with Gasteiger partial charge in [0.2, 0.25) is 5.91 Å². The Hall–Kier alpha value is -1.21. The van der Waals surface area contributed by atoms with Crippen LogP contribution >= 0.6 is 11.8 Å². The Balaban J connectivity index is 1.65. The van der Waals surface area contributed by atoms with Crippen LogP contribution in [0, 0.1) is 0 Å². The van der Waals surface area contributed by atoms with Crippen molar-refractivity contribution in [2.45, 2.75) is 36.6 Å². The van der Waals surface area contributed by atoms with Crippen molar-refractivity contribution in [3.63, 3.8) is 0 Å². The molecule has 1 amide bonds. The maximum atomic E-state index is 11.8. The van der Waals surface area contributed by atoms with Gasteiger partial charge in [-0.2, -0.15) is 11.8 Å². The monoisotopic (exact) mass is 357 g/mol. The summed E-state index contributed by atoms with van der Waals surface area (Å²) in [5.74, 6) is 2.94. The van der Waals surface area contributed by atoms with E-state index in [4.69, 9.17) is 4.74 Å². The van der Waals surface area contributed by atoms with Crippen LogP contribution in [-0.4, -0.2) is 44.7 Å². The molecule has 0 saturated carbocycles. The molecule has 1 aliphatic heterocycles. The number of carbonyl (C=O) groups excluding carboxylic acids is 1. The molecule has 1 fully saturated rings. The topological polar surface area (TPSA) is 72.5 Å². The van der Waals surface area contributed by atoms with E-state index < -0.39 is 9.84 Å². The summed E-state index contributed by atoms with van der Waals surface area (Å²) in [6.45, 7) is 0.437. The van der Waals surface area contributed by atoms with E-state index in [1.165, 1.54) is 18.4 Å². The third-order valence-corrected chi connectivity index (χ3v) is 5.83. The quantitative estimate of drug-likeness (QED) is 0.758. The molecule has 1 aliphatic rings. The second-order valence-electron chi connectivity index (χ2n) is 5.65. The van der Waals surface area contributed by atoms with Gasteiger partial charge >= 0.3 is 0 Å². The first-order valence-corrected chi connectivity index (χ1v) is 10.8. The van der Waals surface area contributed by atoms with Crippen molar-refractivity contribution in [2.75, 3.05) is 24.4 Å². The molecule has 1 N–H and O–H groups in total. The van der Waals surface area contributed by atoms with Crippen LogP contribution in [0.1, 0.15) is 25.7 Å². The van der Waals surface area contributed by atoms with Gasteiger partial charge in [-0.3, -0.25) is 4.79 Å². The van der Waals surface area contributed by atoms with Crippen molar-refractivity contribution in [2.24, 2.45) is 0 Å². The summed E-state index contributed by atoms with van der Waals surface area (Å²) < 4.78 is 28.2. The highest BCUT2D eigenvalue weighted by Gasteiger charge is 2.15. The van der Waals surface area contributed by atoms with Gasteiger partial charge < -0.3 is 10.1 Å². The number of sulfone groups is 1. The number of benzene rings is 1. The molecule has 0 atom stereocenters. The van der Waals surface area contributed by atoms with Gasteiger partial charge in [0.1, 0.15) is 5.75 Å². The van der Waals surface area contributed by atoms with Crippen LogP contribution in [-0.2, 0) is 14.6 Å². The Kier molecular flexibility index (Phi) is 6.77. The van der Waals surface area contributed by atoms with Gasteiger partial charge in [0.05, 0.1) is 11.5 Å². The molecule has 128 valence electrons. The summed E-state index contributed by atoms with van der Waals surface area (Å²) in [5, 5.41) is 3.07. The van der Waals surface area contributed by atoms with Crippen LogP contribution in [0.3, 0.4) is 0 Å². The summed E-state index contributed by atoms with van der Waals surface area (Å²) in [7, 11) is -3.18. The molecule has 5 nitrogen and oxygen atoms in total. The van der Waals surface area contributed by atoms with E-state index in [0.29, 0.717) is 31.2 Å². The molecule has 1 heterocycles. The summed E-state index contributed by atoms with van der Waals surface area (Å²) in [4.78, 5) is 12.1. The fourth-order valence-electron chi connectivity index (χ4n) is 2.35. The van der Waals surface area contributed by atoms with Gasteiger partial charge in [0.15, 0.2) is 9.84 Å². The molecule has 0 unspecified atom stereocenters. The van der Waals surface area contributed by atoms with Crippen LogP contribution in [0.25, 0.3) is 0 Å². The lowest BCUT2D eigenvalue weighted by Gasteiger charge is -2.22. The molecule has 0 radical (unpaired) electrons. The van der Waals surface area contributed by atoms with Gasteiger partial charge in [0, 0.05) is 18.7 Å². The lowest BCUT2D eigenvalue weighted by atomic mass is 10.1. The first-order chi connectivity index (χ1) is 10.9. The van der Waals surface area contributed by atoms with Crippen molar-refractivity contribution in [1.29, 1.82) is 0 Å². The highest BCUT2D eigenvalue weighted by molar-refractivity contribution is 7.99. The standard InChI is InChI=1S/C16H23NO4S2/c1-23(19,20)15-6-4-14(5-7-15)21-10-2-3-16(18)17-13-8-11-22-12-9-13/h4-7,13H,2-3,8-12H2,1H3,(H,17,18). The van der Waals surface area contributed by atoms with Crippen molar-refractivity contribution in [1.82, 2.24) is 5.32 Å². The Morgan fingerprint density at radius 3 is 2.52 bits per heavy atom. The van der Waals surface area contributed by atoms with Crippen LogP contribution in [0.5, 0.6) is 5.75 Å². The summed E-state index contributed by atoms with van der Waals surface area (Å²) >= 11 is 1.94. The van der Waals surface area contributed by atoms with E-state index in [1.807, 2.05) is 11.8 Å². The predicted octanol–water partition coefficient (Wildman–Crippen LogP) is 2.26. The Bertz CT molecular complexity index is 607. The minimum atomic E-state index is -3.18. The average Bonchev–Trinajstić information content (AvgIpc) is 2.52. The SMILES string of the molecule is CS(=O)(=O)c1ccc(OCCCC(=O)NC2CCSCC2)cc1. The Labute approximate surface area is 142 Å². The van der Waals surface area contributed by atoms with E-state index in [1.54, 1.807) is 12.1 Å². The van der Waals surface area contributed by atoms with Gasteiger partial charge in [-0.1, -0.05) is 0 Å². The lowest BCUT2D eigenvalue weighted by molar-refractivity contribution is -0.122. The molecule has 7 heteroatoms. The van der Waals surface area contributed by atoms with Crippen LogP contribution in [0.2, 0.25) is 0 Å². The summed E-state index contributed by atoms with van der Waals surface area (Å²) in [5.41, 5.74) is 0. The van der Waals surface area contributed by atoms with Crippen molar-refractivity contribution in [3.05, 3.63) is 24.3 Å². The zero-order valence-electron chi connectivity index (χ0n) is 13.3. The van der Waals surface area contributed by atoms with Gasteiger partial charge in [-0.25, -0.2) is 8.42 Å². The molecule has 1 saturated heterocycles. The molecular weight excluding hydrogens is 334 g/mol. The number of hydrogen-bond acceptors (Lipinski definition) is 5. The molecule has 23 heavy (non-hydrogen) atoms. The first kappa shape index (κ1) is 18.1. The molecule has 0 aliphatic carbocycles. The first-order valence-electron chi connectivity index (χ1n) is 7.75. The van der Waals surface area contributed by atoms with Crippen LogP contribution < -0.4 is 10.1 Å². The van der Waals surface area contributed by atoms with E-state index in [9.17, 15) is 13.2 Å². The van der Waals surface area contributed by atoms with Gasteiger partial charge in [-0.15, -0.1) is 0 Å². The van der Waals surface area contributed by atoms with E-state index in [2.05, 4.69) is 5.32 Å². The fourth-order valence-corrected chi connectivity index (χ4v) is 4.08. The highest BCUT2D eigenvalue weighted by atomic mass is 32.2. The second-order valence-corrected chi connectivity index (χ2v) is 8.89. The maximum Gasteiger partial charge on any atom is 0.220 e. The number of amides is 1. The zero-order chi connectivity index (χ0) is 16.7. The van der Waals surface area contributed by atoms with Crippen molar-refractivity contribution >= 4 is 27.5 Å². The van der Waals surface area contributed by atoms with E-state index >= 15 is 0 Å². The third kappa shape index (κ3) is 6.43. The van der Waals surface area contributed by atoms with Crippen LogP contribution in [0.15, 0.2) is 29.2 Å². The zero-order valence-corrected chi connectivity index (χ0v) is 14.9. The smallest absolute Gasteiger partial charge is 0.220 e. The fraction of sp³-hybridized carbons (Fsp3) is 0.562. The maximum absolute atomic E-state index is 11.8. The van der Waals surface area contributed by atoms with Crippen LogP contribution in [0.4, 0.5) is 0 Å². The average molecular weight is 357 g/mol. The Morgan fingerprint density at radius 1 is 1.26 bits per heavy atom. The van der Waals surface area contributed by atoms with Crippen molar-refractivity contribution in [3.8, 4) is 5.75 Å². The minimum absolute atomic E-state index is 0.0814. The highest BCUT2D eigenvalue weighted by Crippen LogP contribution is 2.17. The molecule has 0 aromatic heterocycles. The van der Waals surface area contributed by atoms with Gasteiger partial charge in [-0.05, 0) is 55.0 Å². The predicted molar refractivity (Wildman–Crippen MR) is 92.8 cm³/mol. The molecule has 1 aromatic rings. The normalized spacial score (nSPS) is 16.0. The summed E-state index contributed by atoms with van der Waals surface area (Å²) in [6.07, 6.45) is 4.37. The number of nitrogens with one attached hydrogen (secondary N) is 1. The second kappa shape index (κ2) is 8.59. The molecule has 2 rings (SSSR count). The number of ether oxygens (including phenoxy) is 1. The summed E-state index contributed by atoms with van der Waals surface area (Å²) in [6, 6.07) is 6.65. The lowest BCUT2D eigenvalue weighted by Crippen LogP contribution is -2.37. The minimum Gasteiger partial charge on any atom is -0.494 e. The van der Waals surface area contributed by atoms with E-state index in [0.717, 1.165) is 24.3 Å². The number of carbonyl (C=O) groups is 1. The van der Waals surface area contributed by atoms with E-state index in [-0.39, 0.29) is 10.8 Å². The van der Waals surface area contributed by atoms with Crippen molar-refractivity contribution < 1.29 is 17.9 Å². The molecule has 1 aromatic carbocycles. The third-order valence-electron chi connectivity index (χ3n) is 3.66. The molecular formula is C16H23NO4S2. The molecule has 0 spiro atoms. The Morgan fingerprint density at radius 2 is 1.91 bits per heavy atom. The van der Waals surface area contributed by atoms with Gasteiger partial charge in [0.25, 0.3) is 0 Å². The number of rotatable bonds is 7. The number of hydrogen-bond donors (Lipinski definition) is 1.